The number of amides is 1. The summed E-state index contributed by atoms with van der Waals surface area (Å²) >= 11 is 0. The lowest BCUT2D eigenvalue weighted by molar-refractivity contribution is -0.157. The topological polar surface area (TPSA) is 70.1 Å². The van der Waals surface area contributed by atoms with Crippen LogP contribution in [-0.2, 0) is 14.3 Å². The highest BCUT2D eigenvalue weighted by Crippen LogP contribution is 2.26. The molecule has 0 aliphatic carbocycles. The van der Waals surface area contributed by atoms with Crippen LogP contribution in [0.1, 0.15) is 24.4 Å². The van der Waals surface area contributed by atoms with Gasteiger partial charge in [-0.05, 0) is 18.4 Å². The molecule has 2 rings (SSSR count). The van der Waals surface area contributed by atoms with Crippen LogP contribution in [0.4, 0.5) is 0 Å². The lowest BCUT2D eigenvalue weighted by atomic mass is 10.0. The Morgan fingerprint density at radius 1 is 1.26 bits per heavy atom. The predicted molar refractivity (Wildman–Crippen MR) is 85.6 cm³/mol. The molecule has 23 heavy (non-hydrogen) atoms. The summed E-state index contributed by atoms with van der Waals surface area (Å²) in [6.45, 7) is 0.987. The average Bonchev–Trinajstić information content (AvgIpc) is 2.55. The number of benzene rings is 1. The average molecular weight is 320 g/mol. The molecule has 1 aromatic carbocycles. The molecule has 0 bridgehead atoms. The molecule has 6 heteroatoms. The first kappa shape index (κ1) is 17.4. The molecule has 1 aliphatic rings. The third kappa shape index (κ3) is 4.77. The van der Waals surface area contributed by atoms with Crippen LogP contribution in [0.15, 0.2) is 30.3 Å². The van der Waals surface area contributed by atoms with Gasteiger partial charge in [0.25, 0.3) is 5.91 Å². The van der Waals surface area contributed by atoms with E-state index in [0.29, 0.717) is 25.9 Å². The van der Waals surface area contributed by atoms with Crippen molar-refractivity contribution in [3.63, 3.8) is 0 Å². The lowest BCUT2D eigenvalue weighted by Gasteiger charge is -2.35. The van der Waals surface area contributed by atoms with Crippen LogP contribution < -0.4 is 0 Å². The van der Waals surface area contributed by atoms with Crippen molar-refractivity contribution in [2.24, 2.45) is 0 Å². The van der Waals surface area contributed by atoms with Gasteiger partial charge in [0.1, 0.15) is 6.04 Å². The minimum absolute atomic E-state index is 0.251. The van der Waals surface area contributed by atoms with E-state index in [1.54, 1.807) is 14.1 Å². The Balaban J connectivity index is 2.10. The number of aliphatic hydroxyl groups excluding tert-OH is 1. The first-order chi connectivity index (χ1) is 11.0. The molecule has 1 fully saturated rings. The Morgan fingerprint density at radius 3 is 2.43 bits per heavy atom. The van der Waals surface area contributed by atoms with Gasteiger partial charge in [-0.2, -0.15) is 0 Å². The lowest BCUT2D eigenvalue weighted by Crippen LogP contribution is -2.42. The van der Waals surface area contributed by atoms with Crippen LogP contribution in [0.3, 0.4) is 0 Å². The number of hydrogen-bond donors (Lipinski definition) is 1. The number of aliphatic hydroxyl groups is 1. The largest absolute Gasteiger partial charge is 0.454 e. The van der Waals surface area contributed by atoms with Crippen molar-refractivity contribution in [1.29, 1.82) is 0 Å². The normalized spacial score (nSPS) is 17.5. The maximum Gasteiger partial charge on any atom is 0.328 e. The molecule has 6 nitrogen and oxygen atoms in total. The molecule has 1 atom stereocenters. The van der Waals surface area contributed by atoms with Crippen LogP contribution in [0.25, 0.3) is 0 Å². The Kier molecular flexibility index (Phi) is 6.12. The van der Waals surface area contributed by atoms with E-state index in [1.807, 2.05) is 35.2 Å². The summed E-state index contributed by atoms with van der Waals surface area (Å²) in [5.41, 5.74) is 0.839. The Labute approximate surface area is 136 Å². The molecule has 1 N–H and O–H groups in total. The molecule has 0 aromatic heterocycles. The van der Waals surface area contributed by atoms with E-state index in [9.17, 15) is 14.7 Å². The second-order valence-corrected chi connectivity index (χ2v) is 5.98. The molecular formula is C17H24N2O4. The highest BCUT2D eigenvalue weighted by molar-refractivity contribution is 5.83. The molecule has 1 heterocycles. The summed E-state index contributed by atoms with van der Waals surface area (Å²) in [5.74, 6) is -0.679. The second-order valence-electron chi connectivity index (χ2n) is 5.98. The number of rotatable bonds is 5. The molecule has 1 aliphatic heterocycles. The standard InChI is InChI=1S/C17H24N2O4/c1-18(2)15(21)12-23-17(22)16(13-6-4-3-5-7-13)19-10-8-14(20)9-11-19/h3-7,14,16,20H,8-12H2,1-2H3/t16-/m0/s1. The van der Waals surface area contributed by atoms with Crippen molar-refractivity contribution in [2.45, 2.75) is 25.0 Å². The van der Waals surface area contributed by atoms with Crippen LogP contribution >= 0.6 is 0 Å². The van der Waals surface area contributed by atoms with Gasteiger partial charge in [0.05, 0.1) is 6.10 Å². The van der Waals surface area contributed by atoms with Gasteiger partial charge in [-0.3, -0.25) is 9.69 Å². The van der Waals surface area contributed by atoms with Crippen LogP contribution in [0.2, 0.25) is 0 Å². The van der Waals surface area contributed by atoms with Gasteiger partial charge in [0.2, 0.25) is 0 Å². The van der Waals surface area contributed by atoms with E-state index in [2.05, 4.69) is 0 Å². The van der Waals surface area contributed by atoms with Crippen molar-refractivity contribution >= 4 is 11.9 Å². The summed E-state index contributed by atoms with van der Waals surface area (Å²) in [4.78, 5) is 27.6. The minimum atomic E-state index is -0.543. The van der Waals surface area contributed by atoms with Crippen molar-refractivity contribution in [3.05, 3.63) is 35.9 Å². The van der Waals surface area contributed by atoms with Crippen LogP contribution in [-0.4, -0.2) is 66.7 Å². The Bertz CT molecular complexity index is 525. The SMILES string of the molecule is CN(C)C(=O)COC(=O)[C@H](c1ccccc1)N1CCC(O)CC1. The minimum Gasteiger partial charge on any atom is -0.454 e. The summed E-state index contributed by atoms with van der Waals surface area (Å²) in [7, 11) is 3.24. The van der Waals surface area contributed by atoms with E-state index in [4.69, 9.17) is 4.74 Å². The maximum absolute atomic E-state index is 12.6. The molecule has 0 unspecified atom stereocenters. The molecule has 0 spiro atoms. The zero-order chi connectivity index (χ0) is 16.8. The van der Waals surface area contributed by atoms with E-state index >= 15 is 0 Å². The number of likely N-dealkylation sites (N-methyl/N-ethyl adjacent to an activating group) is 1. The van der Waals surface area contributed by atoms with E-state index in [1.165, 1.54) is 4.90 Å². The van der Waals surface area contributed by atoms with Gasteiger partial charge in [-0.15, -0.1) is 0 Å². The number of nitrogens with zero attached hydrogens (tertiary/aromatic N) is 2. The molecule has 1 amide bonds. The highest BCUT2D eigenvalue weighted by Gasteiger charge is 2.32. The zero-order valence-electron chi connectivity index (χ0n) is 13.6. The maximum atomic E-state index is 12.6. The summed E-state index contributed by atoms with van der Waals surface area (Å²) in [6, 6.07) is 8.86. The zero-order valence-corrected chi connectivity index (χ0v) is 13.6. The first-order valence-electron chi connectivity index (χ1n) is 7.83. The van der Waals surface area contributed by atoms with Gasteiger partial charge >= 0.3 is 5.97 Å². The first-order valence-corrected chi connectivity index (χ1v) is 7.83. The van der Waals surface area contributed by atoms with Crippen molar-refractivity contribution in [3.8, 4) is 0 Å². The fourth-order valence-corrected chi connectivity index (χ4v) is 2.62. The van der Waals surface area contributed by atoms with E-state index in [-0.39, 0.29) is 18.6 Å². The number of carbonyl (C=O) groups is 2. The summed E-state index contributed by atoms with van der Waals surface area (Å²) in [6.07, 6.45) is 0.953. The number of esters is 1. The number of ether oxygens (including phenoxy) is 1. The van der Waals surface area contributed by atoms with Crippen molar-refractivity contribution in [2.75, 3.05) is 33.8 Å². The predicted octanol–water partition coefficient (Wildman–Crippen LogP) is 0.816. The quantitative estimate of drug-likeness (QED) is 0.813. The van der Waals surface area contributed by atoms with Crippen LogP contribution in [0, 0.1) is 0 Å². The molecule has 126 valence electrons. The smallest absolute Gasteiger partial charge is 0.328 e. The van der Waals surface area contributed by atoms with Gasteiger partial charge in [-0.1, -0.05) is 30.3 Å². The molecular weight excluding hydrogens is 296 g/mol. The van der Waals surface area contributed by atoms with Gasteiger partial charge in [-0.25, -0.2) is 4.79 Å². The molecule has 0 saturated carbocycles. The molecule has 1 aromatic rings. The van der Waals surface area contributed by atoms with Crippen molar-refractivity contribution < 1.29 is 19.4 Å². The summed E-state index contributed by atoms with van der Waals surface area (Å²) < 4.78 is 5.23. The third-order valence-electron chi connectivity index (χ3n) is 4.04. The number of likely N-dealkylation sites (tertiary alicyclic amines) is 1. The number of piperidine rings is 1. The van der Waals surface area contributed by atoms with Crippen LogP contribution in [0.5, 0.6) is 0 Å². The monoisotopic (exact) mass is 320 g/mol. The van der Waals surface area contributed by atoms with Gasteiger partial charge in [0.15, 0.2) is 6.61 Å². The van der Waals surface area contributed by atoms with Gasteiger partial charge in [0, 0.05) is 27.2 Å². The fraction of sp³-hybridized carbons (Fsp3) is 0.529. The highest BCUT2D eigenvalue weighted by atomic mass is 16.5. The second kappa shape index (κ2) is 8.08. The Morgan fingerprint density at radius 2 is 1.87 bits per heavy atom. The van der Waals surface area contributed by atoms with E-state index < -0.39 is 12.0 Å². The molecule has 0 radical (unpaired) electrons. The van der Waals surface area contributed by atoms with E-state index in [0.717, 1.165) is 5.56 Å². The fourth-order valence-electron chi connectivity index (χ4n) is 2.62. The molecule has 1 saturated heterocycles. The summed E-state index contributed by atoms with van der Waals surface area (Å²) in [5, 5.41) is 9.66. The Hall–Kier alpha value is -1.92. The number of hydrogen-bond acceptors (Lipinski definition) is 5. The van der Waals surface area contributed by atoms with Crippen molar-refractivity contribution in [1.82, 2.24) is 9.80 Å². The van der Waals surface area contributed by atoms with Gasteiger partial charge < -0.3 is 14.7 Å². The number of carbonyl (C=O) groups excluding carboxylic acids is 2. The third-order valence-corrected chi connectivity index (χ3v) is 4.04.